The topological polar surface area (TPSA) is 77.1 Å². The van der Waals surface area contributed by atoms with Crippen molar-refractivity contribution >= 4 is 12.2 Å². The lowest BCUT2D eigenvalue weighted by atomic mass is 10.1. The minimum Gasteiger partial charge on any atom is -0.447 e. The molecule has 2 amide bonds. The number of amides is 2. The average molecular weight is 392 g/mol. The molecule has 0 spiro atoms. The van der Waals surface area contributed by atoms with Crippen LogP contribution in [0.5, 0.6) is 0 Å². The average Bonchev–Trinajstić information content (AvgIpc) is 2.97. The van der Waals surface area contributed by atoms with E-state index in [0.29, 0.717) is 6.07 Å². The minimum absolute atomic E-state index is 0.000927. The number of nitrogens with zero attached hydrogens (tertiary/aromatic N) is 1. The number of carbonyl (C=O) groups excluding carboxylic acids is 2. The zero-order valence-corrected chi connectivity index (χ0v) is 13.9. The van der Waals surface area contributed by atoms with Crippen LogP contribution in [0.3, 0.4) is 0 Å². The number of benzene rings is 1. The summed E-state index contributed by atoms with van der Waals surface area (Å²) in [6.07, 6.45) is -6.13. The number of alkyl halides is 3. The molecule has 7 nitrogen and oxygen atoms in total. The molecule has 148 valence electrons. The van der Waals surface area contributed by atoms with E-state index in [1.165, 1.54) is 4.90 Å². The summed E-state index contributed by atoms with van der Waals surface area (Å²) in [6.45, 7) is 0.325. The normalized spacial score (nSPS) is 20.1. The summed E-state index contributed by atoms with van der Waals surface area (Å²) < 4.78 is 66.3. The van der Waals surface area contributed by atoms with Gasteiger partial charge in [0.1, 0.15) is 25.1 Å². The van der Waals surface area contributed by atoms with Crippen molar-refractivity contribution in [3.63, 3.8) is 0 Å². The van der Waals surface area contributed by atoms with Crippen molar-refractivity contribution in [1.82, 2.24) is 10.2 Å². The van der Waals surface area contributed by atoms with E-state index >= 15 is 0 Å². The second-order valence-electron chi connectivity index (χ2n) is 6.16. The molecular formula is C16H16F4N2O5. The van der Waals surface area contributed by atoms with Crippen molar-refractivity contribution in [3.8, 4) is 0 Å². The van der Waals surface area contributed by atoms with Crippen LogP contribution in [-0.2, 0) is 27.0 Å². The highest BCUT2D eigenvalue weighted by Crippen LogP contribution is 2.30. The number of alkyl carbamates (subject to hydrolysis) is 1. The molecule has 0 saturated carbocycles. The molecule has 11 heteroatoms. The maximum Gasteiger partial charge on any atom is 0.416 e. The van der Waals surface area contributed by atoms with Crippen molar-refractivity contribution in [3.05, 3.63) is 35.1 Å². The molecule has 2 aliphatic heterocycles. The van der Waals surface area contributed by atoms with E-state index < -0.39 is 35.8 Å². The molecule has 1 aromatic carbocycles. The second kappa shape index (κ2) is 7.59. The first kappa shape index (κ1) is 19.2. The highest BCUT2D eigenvalue weighted by atomic mass is 19.4. The zero-order chi connectivity index (χ0) is 19.6. The Labute approximate surface area is 151 Å². The van der Waals surface area contributed by atoms with Crippen molar-refractivity contribution in [2.24, 2.45) is 0 Å². The lowest BCUT2D eigenvalue weighted by Crippen LogP contribution is -2.55. The van der Waals surface area contributed by atoms with Gasteiger partial charge >= 0.3 is 18.4 Å². The fourth-order valence-electron chi connectivity index (χ4n) is 2.52. The van der Waals surface area contributed by atoms with Gasteiger partial charge in [0.15, 0.2) is 0 Å². The SMILES string of the molecule is O=C1N[C@H](COC(=O)N2CC(OCc3ccc(C(F)(F)F)cc3F)C2)CO1. The van der Waals surface area contributed by atoms with Crippen LogP contribution in [0.4, 0.5) is 27.2 Å². The summed E-state index contributed by atoms with van der Waals surface area (Å²) in [5.41, 5.74) is -1.06. The molecule has 1 N–H and O–H groups in total. The molecule has 0 bridgehead atoms. The number of halogens is 4. The first-order valence-corrected chi connectivity index (χ1v) is 8.04. The number of cyclic esters (lactones) is 1. The zero-order valence-electron chi connectivity index (χ0n) is 13.9. The second-order valence-corrected chi connectivity index (χ2v) is 6.16. The van der Waals surface area contributed by atoms with Gasteiger partial charge in [-0.05, 0) is 12.1 Å². The van der Waals surface area contributed by atoms with Gasteiger partial charge in [0.25, 0.3) is 0 Å². The summed E-state index contributed by atoms with van der Waals surface area (Å²) in [5.74, 6) is -0.999. The van der Waals surface area contributed by atoms with E-state index in [-0.39, 0.29) is 44.6 Å². The van der Waals surface area contributed by atoms with Gasteiger partial charge in [-0.1, -0.05) is 6.07 Å². The third kappa shape index (κ3) is 4.79. The number of ether oxygens (including phenoxy) is 3. The Kier molecular flexibility index (Phi) is 5.40. The number of hydrogen-bond acceptors (Lipinski definition) is 5. The Morgan fingerprint density at radius 3 is 2.67 bits per heavy atom. The van der Waals surface area contributed by atoms with Crippen LogP contribution in [0.2, 0.25) is 0 Å². The predicted molar refractivity (Wildman–Crippen MR) is 81.2 cm³/mol. The molecule has 1 aromatic rings. The third-order valence-electron chi connectivity index (χ3n) is 4.11. The Hall–Kier alpha value is -2.56. The van der Waals surface area contributed by atoms with Crippen LogP contribution in [-0.4, -0.2) is 55.5 Å². The molecule has 0 aliphatic carbocycles. The molecule has 0 radical (unpaired) electrons. The van der Waals surface area contributed by atoms with E-state index in [0.717, 1.165) is 12.1 Å². The predicted octanol–water partition coefficient (Wildman–Crippen LogP) is 2.29. The molecule has 0 aromatic heterocycles. The van der Waals surface area contributed by atoms with E-state index in [4.69, 9.17) is 9.47 Å². The lowest BCUT2D eigenvalue weighted by Gasteiger charge is -2.38. The fraction of sp³-hybridized carbons (Fsp3) is 0.500. The van der Waals surface area contributed by atoms with E-state index in [1.807, 2.05) is 0 Å². The standard InChI is InChI=1S/C16H16F4N2O5/c17-13-3-10(16(18,19)20)2-1-9(13)6-25-12-4-22(5-12)15(24)27-8-11-7-26-14(23)21-11/h1-3,11-12H,4-8H2,(H,21,23)/t11-/m0/s1. The molecule has 2 saturated heterocycles. The largest absolute Gasteiger partial charge is 0.447 e. The van der Waals surface area contributed by atoms with E-state index in [1.54, 1.807) is 0 Å². The number of nitrogens with one attached hydrogen (secondary N) is 1. The summed E-state index contributed by atoms with van der Waals surface area (Å²) in [4.78, 5) is 24.0. The maximum absolute atomic E-state index is 13.7. The first-order valence-electron chi connectivity index (χ1n) is 8.04. The van der Waals surface area contributed by atoms with Gasteiger partial charge in [0.2, 0.25) is 0 Å². The van der Waals surface area contributed by atoms with Crippen LogP contribution in [0.25, 0.3) is 0 Å². The molecule has 0 unspecified atom stereocenters. The molecule has 2 aliphatic rings. The highest BCUT2D eigenvalue weighted by molar-refractivity contribution is 5.70. The third-order valence-corrected chi connectivity index (χ3v) is 4.11. The Bertz CT molecular complexity index is 721. The summed E-state index contributed by atoms with van der Waals surface area (Å²) in [7, 11) is 0. The van der Waals surface area contributed by atoms with Gasteiger partial charge in [0, 0.05) is 5.56 Å². The Morgan fingerprint density at radius 2 is 2.07 bits per heavy atom. The van der Waals surface area contributed by atoms with Crippen molar-refractivity contribution in [2.45, 2.75) is 24.9 Å². The lowest BCUT2D eigenvalue weighted by molar-refractivity contribution is -0.137. The molecular weight excluding hydrogens is 376 g/mol. The summed E-state index contributed by atoms with van der Waals surface area (Å²) in [6, 6.07) is 1.85. The number of rotatable bonds is 5. The van der Waals surface area contributed by atoms with Crippen molar-refractivity contribution in [1.29, 1.82) is 0 Å². The van der Waals surface area contributed by atoms with Gasteiger partial charge in [0.05, 0.1) is 31.4 Å². The summed E-state index contributed by atoms with van der Waals surface area (Å²) >= 11 is 0. The summed E-state index contributed by atoms with van der Waals surface area (Å²) in [5, 5.41) is 2.46. The highest BCUT2D eigenvalue weighted by Gasteiger charge is 2.34. The monoisotopic (exact) mass is 392 g/mol. The fourth-order valence-corrected chi connectivity index (χ4v) is 2.52. The van der Waals surface area contributed by atoms with Gasteiger partial charge in [-0.15, -0.1) is 0 Å². The van der Waals surface area contributed by atoms with E-state index in [2.05, 4.69) is 10.1 Å². The van der Waals surface area contributed by atoms with Gasteiger partial charge in [-0.3, -0.25) is 0 Å². The molecule has 3 rings (SSSR count). The molecule has 2 fully saturated rings. The van der Waals surface area contributed by atoms with Crippen LogP contribution in [0, 0.1) is 5.82 Å². The van der Waals surface area contributed by atoms with Crippen molar-refractivity contribution in [2.75, 3.05) is 26.3 Å². The smallest absolute Gasteiger partial charge is 0.416 e. The Balaban J connectivity index is 1.38. The van der Waals surface area contributed by atoms with Gasteiger partial charge < -0.3 is 24.4 Å². The number of carbonyl (C=O) groups is 2. The van der Waals surface area contributed by atoms with Crippen LogP contribution in [0.1, 0.15) is 11.1 Å². The van der Waals surface area contributed by atoms with Crippen molar-refractivity contribution < 1.29 is 41.4 Å². The van der Waals surface area contributed by atoms with Crippen LogP contribution < -0.4 is 5.32 Å². The van der Waals surface area contributed by atoms with Crippen LogP contribution >= 0.6 is 0 Å². The molecule has 27 heavy (non-hydrogen) atoms. The molecule has 1 atom stereocenters. The van der Waals surface area contributed by atoms with E-state index in [9.17, 15) is 27.2 Å². The number of likely N-dealkylation sites (tertiary alicyclic amines) is 1. The Morgan fingerprint density at radius 1 is 1.33 bits per heavy atom. The molecule has 2 heterocycles. The van der Waals surface area contributed by atoms with Gasteiger partial charge in [-0.2, -0.15) is 13.2 Å². The quantitative estimate of drug-likeness (QED) is 0.779. The van der Waals surface area contributed by atoms with Gasteiger partial charge in [-0.25, -0.2) is 14.0 Å². The minimum atomic E-state index is -4.61. The maximum atomic E-state index is 13.7. The number of hydrogen-bond donors (Lipinski definition) is 1. The first-order chi connectivity index (χ1) is 12.7. The van der Waals surface area contributed by atoms with Crippen LogP contribution in [0.15, 0.2) is 18.2 Å².